The predicted molar refractivity (Wildman–Crippen MR) is 106 cm³/mol. The fourth-order valence-corrected chi connectivity index (χ4v) is 3.37. The van der Waals surface area contributed by atoms with Crippen LogP contribution in [-0.2, 0) is 11.5 Å². The molecule has 150 valence electrons. The van der Waals surface area contributed by atoms with E-state index in [4.69, 9.17) is 4.74 Å². The van der Waals surface area contributed by atoms with Gasteiger partial charge in [0.25, 0.3) is 5.91 Å². The van der Waals surface area contributed by atoms with Gasteiger partial charge in [-0.05, 0) is 57.7 Å². The van der Waals surface area contributed by atoms with Crippen molar-refractivity contribution in [3.8, 4) is 5.75 Å². The molecule has 1 N–H and O–H groups in total. The zero-order chi connectivity index (χ0) is 20.1. The molecule has 0 radical (unpaired) electrons. The van der Waals surface area contributed by atoms with Gasteiger partial charge in [-0.15, -0.1) is 0 Å². The van der Waals surface area contributed by atoms with Crippen LogP contribution >= 0.6 is 0 Å². The van der Waals surface area contributed by atoms with E-state index in [0.29, 0.717) is 0 Å². The first-order chi connectivity index (χ1) is 13.4. The molecule has 1 unspecified atom stereocenters. The highest BCUT2D eigenvalue weighted by Crippen LogP contribution is 2.19. The standard InChI is InChI=1S/C21H28N4O3/c1-15-7-8-19(16(2)13-15)28-14-25-12-9-18(23-25)20(26)22-17(3)21(27)24-10-5-4-6-11-24/h7-9,12-13,17H,4-6,10-11,14H2,1-3H3,(H,22,26). The Morgan fingerprint density at radius 2 is 1.93 bits per heavy atom. The van der Waals surface area contributed by atoms with Crippen LogP contribution in [0.15, 0.2) is 30.5 Å². The third-order valence-corrected chi connectivity index (χ3v) is 4.94. The molecule has 7 nitrogen and oxygen atoms in total. The van der Waals surface area contributed by atoms with Crippen molar-refractivity contribution < 1.29 is 14.3 Å². The Morgan fingerprint density at radius 1 is 1.18 bits per heavy atom. The molecule has 1 atom stereocenters. The van der Waals surface area contributed by atoms with Gasteiger partial charge in [0.05, 0.1) is 0 Å². The number of hydrogen-bond acceptors (Lipinski definition) is 4. The Labute approximate surface area is 165 Å². The lowest BCUT2D eigenvalue weighted by Crippen LogP contribution is -2.48. The highest BCUT2D eigenvalue weighted by Gasteiger charge is 2.24. The fourth-order valence-electron chi connectivity index (χ4n) is 3.37. The molecule has 28 heavy (non-hydrogen) atoms. The number of benzene rings is 1. The number of hydrogen-bond donors (Lipinski definition) is 1. The summed E-state index contributed by atoms with van der Waals surface area (Å²) in [6, 6.07) is 7.03. The van der Waals surface area contributed by atoms with E-state index in [1.165, 1.54) is 5.56 Å². The highest BCUT2D eigenvalue weighted by atomic mass is 16.5. The number of nitrogens with zero attached hydrogens (tertiary/aromatic N) is 3. The van der Waals surface area contributed by atoms with Crippen molar-refractivity contribution in [1.82, 2.24) is 20.0 Å². The van der Waals surface area contributed by atoms with Crippen LogP contribution in [0.4, 0.5) is 0 Å². The Bertz CT molecular complexity index is 840. The first kappa shape index (κ1) is 19.9. The number of piperidine rings is 1. The molecular weight excluding hydrogens is 356 g/mol. The normalized spacial score (nSPS) is 15.2. The van der Waals surface area contributed by atoms with Gasteiger partial charge in [-0.25, -0.2) is 4.68 Å². The van der Waals surface area contributed by atoms with E-state index in [1.807, 2.05) is 30.9 Å². The molecule has 1 aromatic carbocycles. The summed E-state index contributed by atoms with van der Waals surface area (Å²) in [6.07, 6.45) is 4.90. The van der Waals surface area contributed by atoms with Crippen molar-refractivity contribution >= 4 is 11.8 Å². The number of rotatable bonds is 6. The lowest BCUT2D eigenvalue weighted by molar-refractivity contribution is -0.133. The van der Waals surface area contributed by atoms with Crippen LogP contribution in [0.25, 0.3) is 0 Å². The molecule has 0 spiro atoms. The van der Waals surface area contributed by atoms with Crippen molar-refractivity contribution in [1.29, 1.82) is 0 Å². The van der Waals surface area contributed by atoms with E-state index in [1.54, 1.807) is 23.9 Å². The van der Waals surface area contributed by atoms with Crippen LogP contribution in [0, 0.1) is 13.8 Å². The minimum atomic E-state index is -0.567. The summed E-state index contributed by atoms with van der Waals surface area (Å²) in [5.74, 6) is 0.390. The van der Waals surface area contributed by atoms with Gasteiger partial charge in [-0.1, -0.05) is 17.7 Å². The average Bonchev–Trinajstić information content (AvgIpc) is 3.16. The summed E-state index contributed by atoms with van der Waals surface area (Å²) in [5.41, 5.74) is 2.49. The minimum Gasteiger partial charge on any atom is -0.471 e. The van der Waals surface area contributed by atoms with Crippen LogP contribution in [0.1, 0.15) is 47.8 Å². The number of nitrogens with one attached hydrogen (secondary N) is 1. The SMILES string of the molecule is Cc1ccc(OCn2ccc(C(=O)NC(C)C(=O)N3CCCCC3)n2)c(C)c1. The van der Waals surface area contributed by atoms with Crippen molar-refractivity contribution in [2.45, 2.75) is 52.8 Å². The summed E-state index contributed by atoms with van der Waals surface area (Å²) in [6.45, 7) is 7.48. The van der Waals surface area contributed by atoms with Gasteiger partial charge in [-0.2, -0.15) is 5.10 Å². The van der Waals surface area contributed by atoms with E-state index in [-0.39, 0.29) is 24.2 Å². The lowest BCUT2D eigenvalue weighted by Gasteiger charge is -2.29. The van der Waals surface area contributed by atoms with E-state index < -0.39 is 6.04 Å². The van der Waals surface area contributed by atoms with Crippen LogP contribution < -0.4 is 10.1 Å². The third kappa shape index (κ3) is 4.91. The van der Waals surface area contributed by atoms with Crippen molar-refractivity contribution in [2.75, 3.05) is 13.1 Å². The largest absolute Gasteiger partial charge is 0.471 e. The van der Waals surface area contributed by atoms with E-state index in [2.05, 4.69) is 16.5 Å². The molecule has 1 aromatic heterocycles. The van der Waals surface area contributed by atoms with Crippen LogP contribution in [0.5, 0.6) is 5.75 Å². The van der Waals surface area contributed by atoms with Gasteiger partial charge < -0.3 is 15.0 Å². The Kier molecular flexibility index (Phi) is 6.34. The Hall–Kier alpha value is -2.83. The summed E-state index contributed by atoms with van der Waals surface area (Å²) in [7, 11) is 0. The molecule has 7 heteroatoms. The van der Waals surface area contributed by atoms with Gasteiger partial charge in [0.1, 0.15) is 17.5 Å². The maximum Gasteiger partial charge on any atom is 0.272 e. The van der Waals surface area contributed by atoms with Crippen LogP contribution in [0.3, 0.4) is 0 Å². The third-order valence-electron chi connectivity index (χ3n) is 4.94. The number of amides is 2. The van der Waals surface area contributed by atoms with Gasteiger partial charge in [-0.3, -0.25) is 9.59 Å². The molecule has 3 rings (SSSR count). The maximum atomic E-state index is 12.5. The lowest BCUT2D eigenvalue weighted by atomic mass is 10.1. The topological polar surface area (TPSA) is 76.5 Å². The first-order valence-electron chi connectivity index (χ1n) is 9.77. The van der Waals surface area contributed by atoms with Crippen molar-refractivity contribution in [3.05, 3.63) is 47.3 Å². The molecule has 0 aliphatic carbocycles. The fraction of sp³-hybridized carbons (Fsp3) is 0.476. The predicted octanol–water partition coefficient (Wildman–Crippen LogP) is 2.67. The number of likely N-dealkylation sites (tertiary alicyclic amines) is 1. The number of aryl methyl sites for hydroxylation is 2. The number of carbonyl (C=O) groups is 2. The van der Waals surface area contributed by atoms with Gasteiger partial charge in [0, 0.05) is 19.3 Å². The summed E-state index contributed by atoms with van der Waals surface area (Å²) < 4.78 is 7.34. The summed E-state index contributed by atoms with van der Waals surface area (Å²) >= 11 is 0. The minimum absolute atomic E-state index is 0.0364. The number of ether oxygens (including phenoxy) is 1. The molecule has 0 bridgehead atoms. The zero-order valence-corrected chi connectivity index (χ0v) is 16.8. The van der Waals surface area contributed by atoms with E-state index >= 15 is 0 Å². The Balaban J connectivity index is 1.53. The van der Waals surface area contributed by atoms with Crippen molar-refractivity contribution in [2.24, 2.45) is 0 Å². The second kappa shape index (κ2) is 8.91. The molecular formula is C21H28N4O3. The molecule has 2 aromatic rings. The average molecular weight is 384 g/mol. The first-order valence-corrected chi connectivity index (χ1v) is 9.77. The molecule has 1 aliphatic heterocycles. The van der Waals surface area contributed by atoms with Crippen LogP contribution in [-0.4, -0.2) is 45.6 Å². The molecule has 1 aliphatic rings. The number of aromatic nitrogens is 2. The van der Waals surface area contributed by atoms with E-state index in [9.17, 15) is 9.59 Å². The second-order valence-electron chi connectivity index (χ2n) is 7.36. The smallest absolute Gasteiger partial charge is 0.272 e. The monoisotopic (exact) mass is 384 g/mol. The quantitative estimate of drug-likeness (QED) is 0.831. The van der Waals surface area contributed by atoms with Gasteiger partial charge in [0.2, 0.25) is 5.91 Å². The number of carbonyl (C=O) groups excluding carboxylic acids is 2. The van der Waals surface area contributed by atoms with Gasteiger partial charge >= 0.3 is 0 Å². The van der Waals surface area contributed by atoms with E-state index in [0.717, 1.165) is 43.7 Å². The van der Waals surface area contributed by atoms with Crippen molar-refractivity contribution in [3.63, 3.8) is 0 Å². The molecule has 2 amide bonds. The molecule has 2 heterocycles. The zero-order valence-electron chi connectivity index (χ0n) is 16.8. The Morgan fingerprint density at radius 3 is 2.64 bits per heavy atom. The summed E-state index contributed by atoms with van der Waals surface area (Å²) in [5, 5.41) is 7.00. The highest BCUT2D eigenvalue weighted by molar-refractivity contribution is 5.95. The second-order valence-corrected chi connectivity index (χ2v) is 7.36. The van der Waals surface area contributed by atoms with Gasteiger partial charge in [0.15, 0.2) is 6.73 Å². The molecule has 0 saturated carbocycles. The molecule has 1 saturated heterocycles. The maximum absolute atomic E-state index is 12.5. The summed E-state index contributed by atoms with van der Waals surface area (Å²) in [4.78, 5) is 26.7. The molecule has 1 fully saturated rings. The van der Waals surface area contributed by atoms with Crippen LogP contribution in [0.2, 0.25) is 0 Å².